The fourth-order valence-electron chi connectivity index (χ4n) is 2.57. The van der Waals surface area contributed by atoms with Gasteiger partial charge in [-0.25, -0.2) is 15.0 Å². The third-order valence-electron chi connectivity index (χ3n) is 3.74. The van der Waals surface area contributed by atoms with Gasteiger partial charge in [0.05, 0.1) is 25.1 Å². The first-order chi connectivity index (χ1) is 11.7. The number of rotatable bonds is 2. The zero-order chi connectivity index (χ0) is 16.5. The van der Waals surface area contributed by atoms with Crippen LogP contribution >= 0.6 is 0 Å². The normalized spacial score (nSPS) is 15.0. The van der Waals surface area contributed by atoms with E-state index in [1.54, 1.807) is 12.3 Å². The first-order valence-corrected chi connectivity index (χ1v) is 7.45. The van der Waals surface area contributed by atoms with E-state index in [1.165, 1.54) is 12.3 Å². The van der Waals surface area contributed by atoms with Crippen LogP contribution in [0.15, 0.2) is 24.5 Å². The number of halogens is 1. The molecule has 0 amide bonds. The van der Waals surface area contributed by atoms with Gasteiger partial charge in [-0.05, 0) is 12.1 Å². The predicted molar refractivity (Wildman–Crippen MR) is 85.8 cm³/mol. The maximum atomic E-state index is 13.0. The van der Waals surface area contributed by atoms with Crippen molar-refractivity contribution in [2.24, 2.45) is 0 Å². The van der Waals surface area contributed by atoms with Crippen LogP contribution < -0.4 is 10.6 Å². The van der Waals surface area contributed by atoms with Crippen molar-refractivity contribution in [3.63, 3.8) is 0 Å². The number of fused-ring (bicyclic) bond motifs is 1. The Morgan fingerprint density at radius 1 is 1.04 bits per heavy atom. The number of ether oxygens (including phenoxy) is 1. The molecule has 8 nitrogen and oxygen atoms in total. The Hall–Kier alpha value is -2.94. The van der Waals surface area contributed by atoms with Gasteiger partial charge in [-0.15, -0.1) is 0 Å². The average molecular weight is 327 g/mol. The number of morpholine rings is 1. The SMILES string of the molecule is Nc1nc(N2CCOCC2)c2nc(-c3ccc(F)nc3)cnc2n1. The molecule has 122 valence electrons. The summed E-state index contributed by atoms with van der Waals surface area (Å²) in [5.41, 5.74) is 8.00. The summed E-state index contributed by atoms with van der Waals surface area (Å²) in [6, 6.07) is 2.88. The number of aromatic nitrogens is 5. The molecule has 1 aliphatic rings. The molecule has 0 atom stereocenters. The second kappa shape index (κ2) is 5.93. The highest BCUT2D eigenvalue weighted by Gasteiger charge is 2.19. The van der Waals surface area contributed by atoms with Gasteiger partial charge < -0.3 is 15.4 Å². The topological polar surface area (TPSA) is 103 Å². The molecule has 1 saturated heterocycles. The van der Waals surface area contributed by atoms with Gasteiger partial charge in [0.15, 0.2) is 17.0 Å². The van der Waals surface area contributed by atoms with Crippen molar-refractivity contribution >= 4 is 22.9 Å². The molecule has 0 aromatic carbocycles. The molecule has 3 aromatic rings. The van der Waals surface area contributed by atoms with Gasteiger partial charge in [-0.3, -0.25) is 0 Å². The Morgan fingerprint density at radius 3 is 2.62 bits per heavy atom. The summed E-state index contributed by atoms with van der Waals surface area (Å²) in [5.74, 6) is 0.234. The number of pyridine rings is 1. The zero-order valence-electron chi connectivity index (χ0n) is 12.7. The van der Waals surface area contributed by atoms with Crippen LogP contribution in [-0.2, 0) is 4.74 Å². The molecule has 0 radical (unpaired) electrons. The summed E-state index contributed by atoms with van der Waals surface area (Å²) in [4.78, 5) is 23.1. The quantitative estimate of drug-likeness (QED) is 0.696. The third kappa shape index (κ3) is 2.69. The summed E-state index contributed by atoms with van der Waals surface area (Å²) >= 11 is 0. The molecule has 0 bridgehead atoms. The lowest BCUT2D eigenvalue weighted by atomic mass is 10.2. The molecule has 4 rings (SSSR count). The first-order valence-electron chi connectivity index (χ1n) is 7.45. The van der Waals surface area contributed by atoms with Crippen LogP contribution in [0.3, 0.4) is 0 Å². The highest BCUT2D eigenvalue weighted by Crippen LogP contribution is 2.25. The predicted octanol–water partition coefficient (Wildman–Crippen LogP) is 1.04. The van der Waals surface area contributed by atoms with E-state index in [4.69, 9.17) is 10.5 Å². The monoisotopic (exact) mass is 327 g/mol. The Balaban J connectivity index is 1.85. The number of hydrogen-bond acceptors (Lipinski definition) is 8. The van der Waals surface area contributed by atoms with E-state index < -0.39 is 5.95 Å². The fourth-order valence-corrected chi connectivity index (χ4v) is 2.57. The smallest absolute Gasteiger partial charge is 0.224 e. The van der Waals surface area contributed by atoms with Gasteiger partial charge in [-0.2, -0.15) is 14.4 Å². The minimum absolute atomic E-state index is 0.148. The largest absolute Gasteiger partial charge is 0.378 e. The maximum absolute atomic E-state index is 13.0. The lowest BCUT2D eigenvalue weighted by Crippen LogP contribution is -2.37. The van der Waals surface area contributed by atoms with Crippen molar-refractivity contribution in [1.29, 1.82) is 0 Å². The van der Waals surface area contributed by atoms with Gasteiger partial charge in [0.2, 0.25) is 11.9 Å². The van der Waals surface area contributed by atoms with Crippen LogP contribution in [0, 0.1) is 5.95 Å². The number of nitrogen functional groups attached to an aromatic ring is 1. The molecule has 4 heterocycles. The Morgan fingerprint density at radius 2 is 1.88 bits per heavy atom. The molecule has 0 saturated carbocycles. The molecule has 9 heteroatoms. The summed E-state index contributed by atoms with van der Waals surface area (Å²) in [5, 5.41) is 0. The van der Waals surface area contributed by atoms with E-state index >= 15 is 0 Å². The minimum Gasteiger partial charge on any atom is -0.378 e. The van der Waals surface area contributed by atoms with E-state index in [-0.39, 0.29) is 5.95 Å². The minimum atomic E-state index is -0.544. The van der Waals surface area contributed by atoms with Gasteiger partial charge in [-0.1, -0.05) is 0 Å². The molecule has 24 heavy (non-hydrogen) atoms. The zero-order valence-corrected chi connectivity index (χ0v) is 12.7. The van der Waals surface area contributed by atoms with Gasteiger partial charge in [0.1, 0.15) is 0 Å². The first kappa shape index (κ1) is 14.6. The van der Waals surface area contributed by atoms with E-state index in [0.717, 1.165) is 0 Å². The summed E-state index contributed by atoms with van der Waals surface area (Å²) in [7, 11) is 0. The highest BCUT2D eigenvalue weighted by molar-refractivity contribution is 5.85. The van der Waals surface area contributed by atoms with Crippen molar-refractivity contribution in [2.45, 2.75) is 0 Å². The highest BCUT2D eigenvalue weighted by atomic mass is 19.1. The standard InChI is InChI=1S/C15H14FN7O/c16-11-2-1-9(7-18-11)10-8-19-13-12(20-10)14(22-15(17)21-13)23-3-5-24-6-4-23/h1-2,7-8H,3-6H2,(H2,17,19,21,22). The van der Waals surface area contributed by atoms with Crippen LogP contribution in [0.5, 0.6) is 0 Å². The Bertz CT molecular complexity index is 881. The van der Waals surface area contributed by atoms with Crippen LogP contribution in [0.4, 0.5) is 16.2 Å². The van der Waals surface area contributed by atoms with E-state index in [1.807, 2.05) is 4.90 Å². The van der Waals surface area contributed by atoms with Crippen molar-refractivity contribution < 1.29 is 9.13 Å². The van der Waals surface area contributed by atoms with Gasteiger partial charge in [0, 0.05) is 24.8 Å². The van der Waals surface area contributed by atoms with E-state index in [2.05, 4.69) is 24.9 Å². The molecular formula is C15H14FN7O. The second-order valence-corrected chi connectivity index (χ2v) is 5.30. The third-order valence-corrected chi connectivity index (χ3v) is 3.74. The number of nitrogens with zero attached hydrogens (tertiary/aromatic N) is 6. The molecule has 0 spiro atoms. The van der Waals surface area contributed by atoms with E-state index in [9.17, 15) is 4.39 Å². The molecular weight excluding hydrogens is 313 g/mol. The van der Waals surface area contributed by atoms with Crippen LogP contribution in [0.1, 0.15) is 0 Å². The molecule has 2 N–H and O–H groups in total. The van der Waals surface area contributed by atoms with Crippen molar-refractivity contribution in [1.82, 2.24) is 24.9 Å². The number of hydrogen-bond donors (Lipinski definition) is 1. The average Bonchev–Trinajstić information content (AvgIpc) is 2.62. The molecule has 3 aromatic heterocycles. The lowest BCUT2D eigenvalue weighted by molar-refractivity contribution is 0.122. The second-order valence-electron chi connectivity index (χ2n) is 5.30. The lowest BCUT2D eigenvalue weighted by Gasteiger charge is -2.28. The summed E-state index contributed by atoms with van der Waals surface area (Å²) in [6.07, 6.45) is 2.98. The summed E-state index contributed by atoms with van der Waals surface area (Å²) in [6.45, 7) is 2.60. The van der Waals surface area contributed by atoms with Crippen molar-refractivity contribution in [2.75, 3.05) is 36.9 Å². The van der Waals surface area contributed by atoms with Crippen molar-refractivity contribution in [3.05, 3.63) is 30.5 Å². The Labute approximate surface area is 136 Å². The van der Waals surface area contributed by atoms with Crippen LogP contribution in [-0.4, -0.2) is 51.2 Å². The van der Waals surface area contributed by atoms with E-state index in [0.29, 0.717) is 54.5 Å². The summed E-state index contributed by atoms with van der Waals surface area (Å²) < 4.78 is 18.4. The molecule has 0 aliphatic carbocycles. The molecule has 0 unspecified atom stereocenters. The van der Waals surface area contributed by atoms with Gasteiger partial charge in [0.25, 0.3) is 0 Å². The maximum Gasteiger partial charge on any atom is 0.224 e. The Kier molecular flexibility index (Phi) is 3.62. The number of nitrogens with two attached hydrogens (primary N) is 1. The van der Waals surface area contributed by atoms with Crippen LogP contribution in [0.25, 0.3) is 22.4 Å². The molecule has 1 fully saturated rings. The number of anilines is 2. The van der Waals surface area contributed by atoms with Crippen molar-refractivity contribution in [3.8, 4) is 11.3 Å². The fraction of sp³-hybridized carbons (Fsp3) is 0.267. The molecule has 1 aliphatic heterocycles. The van der Waals surface area contributed by atoms with Gasteiger partial charge >= 0.3 is 0 Å². The van der Waals surface area contributed by atoms with Crippen LogP contribution in [0.2, 0.25) is 0 Å².